The van der Waals surface area contributed by atoms with Crippen LogP contribution in [0.5, 0.6) is 0 Å². The van der Waals surface area contributed by atoms with Crippen molar-refractivity contribution in [1.82, 2.24) is 0 Å². The Bertz CT molecular complexity index is 406. The number of carbonyl (C=O) groups excluding carboxylic acids is 1. The van der Waals surface area contributed by atoms with E-state index in [4.69, 9.17) is 11.6 Å². The predicted molar refractivity (Wildman–Crippen MR) is 59.1 cm³/mol. The summed E-state index contributed by atoms with van der Waals surface area (Å²) in [6.45, 7) is 0. The van der Waals surface area contributed by atoms with Crippen LogP contribution >= 0.6 is 11.6 Å². The Morgan fingerprint density at radius 1 is 1.33 bits per heavy atom. The van der Waals surface area contributed by atoms with Crippen molar-refractivity contribution in [2.75, 3.05) is 0 Å². The summed E-state index contributed by atoms with van der Waals surface area (Å²) in [5.41, 5.74) is 1.09. The van der Waals surface area contributed by atoms with E-state index in [9.17, 15) is 9.90 Å². The Morgan fingerprint density at radius 3 is 2.53 bits per heavy atom. The molecule has 1 aromatic rings. The molecule has 3 heteroatoms. The lowest BCUT2D eigenvalue weighted by Gasteiger charge is -2.07. The summed E-state index contributed by atoms with van der Waals surface area (Å²) in [6, 6.07) is 6.71. The van der Waals surface area contributed by atoms with Gasteiger partial charge in [-0.15, -0.1) is 0 Å². The van der Waals surface area contributed by atoms with Gasteiger partial charge in [-0.05, 0) is 37.1 Å². The van der Waals surface area contributed by atoms with Gasteiger partial charge in [0.05, 0.1) is 6.10 Å². The molecule has 0 radical (unpaired) electrons. The monoisotopic (exact) mass is 222 g/mol. The molecule has 0 saturated heterocycles. The fourth-order valence-electron chi connectivity index (χ4n) is 1.70. The topological polar surface area (TPSA) is 37.3 Å². The molecule has 0 heterocycles. The lowest BCUT2D eigenvalue weighted by Crippen LogP contribution is -2.14. The molecule has 0 saturated carbocycles. The van der Waals surface area contributed by atoms with Crippen LogP contribution in [0.25, 0.3) is 0 Å². The zero-order chi connectivity index (χ0) is 10.8. The average molecular weight is 223 g/mol. The lowest BCUT2D eigenvalue weighted by molar-refractivity contribution is 0.0992. The number of hydrogen-bond acceptors (Lipinski definition) is 2. The number of halogens is 1. The molecular formula is C12H11ClO2. The van der Waals surface area contributed by atoms with Crippen LogP contribution < -0.4 is 0 Å². The van der Waals surface area contributed by atoms with Gasteiger partial charge in [0.1, 0.15) is 0 Å². The largest absolute Gasteiger partial charge is 0.388 e. The van der Waals surface area contributed by atoms with E-state index in [2.05, 4.69) is 0 Å². The molecule has 0 fully saturated rings. The first kappa shape index (κ1) is 10.4. The van der Waals surface area contributed by atoms with Gasteiger partial charge >= 0.3 is 0 Å². The van der Waals surface area contributed by atoms with Crippen LogP contribution in [0.15, 0.2) is 35.9 Å². The number of carbonyl (C=O) groups is 1. The van der Waals surface area contributed by atoms with Crippen molar-refractivity contribution in [2.24, 2.45) is 0 Å². The Kier molecular flexibility index (Phi) is 2.89. The van der Waals surface area contributed by atoms with E-state index in [1.165, 1.54) is 0 Å². The van der Waals surface area contributed by atoms with Gasteiger partial charge in [0.15, 0.2) is 5.78 Å². The number of aliphatic hydroxyl groups excluding tert-OH is 1. The lowest BCUT2D eigenvalue weighted by atomic mass is 10.0. The van der Waals surface area contributed by atoms with Crippen molar-refractivity contribution in [1.29, 1.82) is 0 Å². The highest BCUT2D eigenvalue weighted by molar-refractivity contribution is 6.30. The molecule has 0 aromatic heterocycles. The fourth-order valence-corrected chi connectivity index (χ4v) is 1.83. The van der Waals surface area contributed by atoms with Crippen LogP contribution in [0.1, 0.15) is 23.2 Å². The second kappa shape index (κ2) is 4.17. The maximum Gasteiger partial charge on any atom is 0.191 e. The molecule has 0 spiro atoms. The maximum absolute atomic E-state index is 11.9. The third kappa shape index (κ3) is 2.11. The van der Waals surface area contributed by atoms with Crippen LogP contribution in [0.3, 0.4) is 0 Å². The van der Waals surface area contributed by atoms with E-state index in [0.717, 1.165) is 6.42 Å². The van der Waals surface area contributed by atoms with Crippen molar-refractivity contribution in [3.63, 3.8) is 0 Å². The van der Waals surface area contributed by atoms with Gasteiger partial charge in [0.25, 0.3) is 0 Å². The van der Waals surface area contributed by atoms with Crippen LogP contribution in [0.4, 0.5) is 0 Å². The minimum Gasteiger partial charge on any atom is -0.388 e. The van der Waals surface area contributed by atoms with Crippen molar-refractivity contribution >= 4 is 17.4 Å². The number of hydrogen-bond donors (Lipinski definition) is 1. The highest BCUT2D eigenvalue weighted by Gasteiger charge is 2.23. The van der Waals surface area contributed by atoms with E-state index in [0.29, 0.717) is 22.6 Å². The summed E-state index contributed by atoms with van der Waals surface area (Å²) >= 11 is 5.73. The third-order valence-corrected chi connectivity index (χ3v) is 2.78. The Labute approximate surface area is 93.2 Å². The fraction of sp³-hybridized carbons (Fsp3) is 0.250. The number of aliphatic hydroxyl groups is 1. The Hall–Kier alpha value is -1.12. The quantitative estimate of drug-likeness (QED) is 0.781. The van der Waals surface area contributed by atoms with Crippen molar-refractivity contribution in [2.45, 2.75) is 18.9 Å². The van der Waals surface area contributed by atoms with Gasteiger partial charge in [-0.3, -0.25) is 4.79 Å². The van der Waals surface area contributed by atoms with Gasteiger partial charge in [-0.1, -0.05) is 17.7 Å². The van der Waals surface area contributed by atoms with Gasteiger partial charge in [0.2, 0.25) is 0 Å². The molecule has 1 N–H and O–H groups in total. The first-order chi connectivity index (χ1) is 7.18. The summed E-state index contributed by atoms with van der Waals surface area (Å²) in [6.07, 6.45) is 2.62. The third-order valence-electron chi connectivity index (χ3n) is 2.53. The molecule has 78 valence electrons. The first-order valence-electron chi connectivity index (χ1n) is 4.87. The van der Waals surface area contributed by atoms with Gasteiger partial charge in [-0.2, -0.15) is 0 Å². The van der Waals surface area contributed by atoms with E-state index < -0.39 is 6.10 Å². The molecule has 1 atom stereocenters. The molecule has 2 rings (SSSR count). The first-order valence-corrected chi connectivity index (χ1v) is 5.24. The molecule has 0 bridgehead atoms. The SMILES string of the molecule is O=C(C1=CCC[C@@H]1O)c1ccc(Cl)cc1. The second-order valence-electron chi connectivity index (χ2n) is 3.59. The van der Waals surface area contributed by atoms with Gasteiger partial charge in [0, 0.05) is 16.2 Å². The van der Waals surface area contributed by atoms with Crippen LogP contribution in [-0.2, 0) is 0 Å². The zero-order valence-corrected chi connectivity index (χ0v) is 8.87. The molecular weight excluding hydrogens is 212 g/mol. The van der Waals surface area contributed by atoms with Crippen LogP contribution in [0.2, 0.25) is 5.02 Å². The number of rotatable bonds is 2. The van der Waals surface area contributed by atoms with Crippen LogP contribution in [-0.4, -0.2) is 17.0 Å². The number of allylic oxidation sites excluding steroid dienone is 1. The molecule has 1 aliphatic carbocycles. The minimum atomic E-state index is -0.604. The molecule has 15 heavy (non-hydrogen) atoms. The van der Waals surface area contributed by atoms with Crippen molar-refractivity contribution in [3.8, 4) is 0 Å². The number of benzene rings is 1. The van der Waals surface area contributed by atoms with E-state index in [1.54, 1.807) is 24.3 Å². The molecule has 1 aromatic carbocycles. The smallest absolute Gasteiger partial charge is 0.191 e. The predicted octanol–water partition coefficient (Wildman–Crippen LogP) is 2.60. The van der Waals surface area contributed by atoms with Gasteiger partial charge in [-0.25, -0.2) is 0 Å². The summed E-state index contributed by atoms with van der Waals surface area (Å²) in [5.74, 6) is -0.100. The molecule has 0 amide bonds. The van der Waals surface area contributed by atoms with Crippen molar-refractivity contribution < 1.29 is 9.90 Å². The summed E-state index contributed by atoms with van der Waals surface area (Å²) in [5, 5.41) is 10.2. The zero-order valence-electron chi connectivity index (χ0n) is 8.11. The minimum absolute atomic E-state index is 0.100. The van der Waals surface area contributed by atoms with E-state index in [-0.39, 0.29) is 5.78 Å². The highest BCUT2D eigenvalue weighted by atomic mass is 35.5. The summed E-state index contributed by atoms with van der Waals surface area (Å²) in [7, 11) is 0. The maximum atomic E-state index is 11.9. The normalized spacial score (nSPS) is 20.1. The Morgan fingerprint density at radius 2 is 2.00 bits per heavy atom. The standard InChI is InChI=1S/C12H11ClO2/c13-9-6-4-8(5-7-9)12(15)10-2-1-3-11(10)14/h2,4-7,11,14H,1,3H2/t11-/m0/s1. The number of ketones is 1. The molecule has 2 nitrogen and oxygen atoms in total. The molecule has 0 aliphatic heterocycles. The van der Waals surface area contributed by atoms with Crippen molar-refractivity contribution in [3.05, 3.63) is 46.5 Å². The summed E-state index contributed by atoms with van der Waals surface area (Å²) < 4.78 is 0. The van der Waals surface area contributed by atoms with Crippen LogP contribution in [0, 0.1) is 0 Å². The van der Waals surface area contributed by atoms with Gasteiger partial charge < -0.3 is 5.11 Å². The average Bonchev–Trinajstić information content (AvgIpc) is 2.65. The summed E-state index contributed by atoms with van der Waals surface area (Å²) in [4.78, 5) is 11.9. The highest BCUT2D eigenvalue weighted by Crippen LogP contribution is 2.23. The second-order valence-corrected chi connectivity index (χ2v) is 4.03. The molecule has 0 unspecified atom stereocenters. The Balaban J connectivity index is 2.25. The molecule has 1 aliphatic rings. The number of Topliss-reactive ketones (excluding diaryl/α,β-unsaturated/α-hetero) is 1. The van der Waals surface area contributed by atoms with E-state index >= 15 is 0 Å². The van der Waals surface area contributed by atoms with E-state index in [1.807, 2.05) is 6.08 Å².